The summed E-state index contributed by atoms with van der Waals surface area (Å²) in [6, 6.07) is 31.2. The van der Waals surface area contributed by atoms with Crippen LogP contribution in [0.4, 0.5) is 4.79 Å². The lowest BCUT2D eigenvalue weighted by Gasteiger charge is -2.23. The van der Waals surface area contributed by atoms with Gasteiger partial charge in [-0.25, -0.2) is 4.79 Å². The molecule has 1 aliphatic rings. The third-order valence-electron chi connectivity index (χ3n) is 6.87. The summed E-state index contributed by atoms with van der Waals surface area (Å²) in [6.45, 7) is 2.86. The van der Waals surface area contributed by atoms with Crippen LogP contribution in [-0.4, -0.2) is 30.3 Å². The fraction of sp³-hybridized carbons (Fsp3) is 0.229. The van der Waals surface area contributed by atoms with Gasteiger partial charge in [0.2, 0.25) is 4.75 Å². The maximum atomic E-state index is 13.3. The standard InChI is InChI=1S/C35H33NO7S/c1-2-11-26-22-30(43-28-15-7-4-8-16-28)18-19-31(26)41-21-10-20-40-29-17-9-14-27(23-29)35(32(37)36-34(39)44-35)33(38)42-24-25-12-5-3-6-13-25/h3-9,12-19,22-23H,2,10-11,20-21,24H2,1H3,(H,36,37,39). The summed E-state index contributed by atoms with van der Waals surface area (Å²) in [6.07, 6.45) is 2.41. The Morgan fingerprint density at radius 1 is 0.795 bits per heavy atom. The van der Waals surface area contributed by atoms with E-state index in [1.54, 1.807) is 24.3 Å². The number of amides is 2. The number of thioether (sulfide) groups is 1. The highest BCUT2D eigenvalue weighted by Crippen LogP contribution is 2.44. The molecule has 4 aromatic carbocycles. The second-order valence-corrected chi connectivity index (χ2v) is 11.3. The number of carbonyl (C=O) groups excluding carboxylic acids is 3. The molecule has 0 radical (unpaired) electrons. The van der Waals surface area contributed by atoms with Crippen LogP contribution in [-0.2, 0) is 32.1 Å². The van der Waals surface area contributed by atoms with Gasteiger partial charge in [-0.05, 0) is 77.3 Å². The number of hydrogen-bond donors (Lipinski definition) is 1. The number of para-hydroxylation sites is 1. The minimum atomic E-state index is -1.86. The third kappa shape index (κ3) is 7.41. The van der Waals surface area contributed by atoms with Crippen molar-refractivity contribution < 1.29 is 33.3 Å². The van der Waals surface area contributed by atoms with Crippen LogP contribution in [0.25, 0.3) is 0 Å². The summed E-state index contributed by atoms with van der Waals surface area (Å²) in [5.74, 6) is 1.24. The molecule has 9 heteroatoms. The van der Waals surface area contributed by atoms with Crippen molar-refractivity contribution in [2.24, 2.45) is 0 Å². The molecule has 1 N–H and O–H groups in total. The van der Waals surface area contributed by atoms with Crippen LogP contribution in [0.2, 0.25) is 0 Å². The Balaban J connectivity index is 1.19. The Morgan fingerprint density at radius 2 is 1.52 bits per heavy atom. The SMILES string of the molecule is CCCc1cc(Oc2ccccc2)ccc1OCCCOc1cccc(C2(C(=O)OCc3ccccc3)SC(=O)NC2=O)c1. The van der Waals surface area contributed by atoms with Crippen molar-refractivity contribution in [3.8, 4) is 23.0 Å². The highest BCUT2D eigenvalue weighted by Gasteiger charge is 2.57. The maximum Gasteiger partial charge on any atom is 0.337 e. The Labute approximate surface area is 260 Å². The van der Waals surface area contributed by atoms with E-state index in [2.05, 4.69) is 12.2 Å². The molecule has 1 atom stereocenters. The van der Waals surface area contributed by atoms with Gasteiger partial charge in [-0.2, -0.15) is 0 Å². The van der Waals surface area contributed by atoms with Crippen LogP contribution >= 0.6 is 11.8 Å². The van der Waals surface area contributed by atoms with E-state index in [4.69, 9.17) is 18.9 Å². The lowest BCUT2D eigenvalue weighted by atomic mass is 9.97. The van der Waals surface area contributed by atoms with Crippen LogP contribution in [0.3, 0.4) is 0 Å². The normalized spacial score (nSPS) is 15.8. The number of rotatable bonds is 14. The minimum Gasteiger partial charge on any atom is -0.493 e. The largest absolute Gasteiger partial charge is 0.493 e. The average molecular weight is 612 g/mol. The van der Waals surface area contributed by atoms with Crippen molar-refractivity contribution in [2.75, 3.05) is 13.2 Å². The van der Waals surface area contributed by atoms with Gasteiger partial charge in [0, 0.05) is 6.42 Å². The number of benzene rings is 4. The minimum absolute atomic E-state index is 0.0254. The molecule has 1 fully saturated rings. The molecule has 226 valence electrons. The monoisotopic (exact) mass is 611 g/mol. The molecule has 44 heavy (non-hydrogen) atoms. The van der Waals surface area contributed by atoms with Crippen molar-refractivity contribution in [2.45, 2.75) is 37.5 Å². The molecule has 0 saturated carbocycles. The van der Waals surface area contributed by atoms with E-state index >= 15 is 0 Å². The molecular weight excluding hydrogens is 578 g/mol. The van der Waals surface area contributed by atoms with E-state index in [0.29, 0.717) is 42.7 Å². The first kappa shape index (κ1) is 30.7. The first-order valence-electron chi connectivity index (χ1n) is 14.5. The smallest absolute Gasteiger partial charge is 0.337 e. The Bertz CT molecular complexity index is 1600. The average Bonchev–Trinajstić information content (AvgIpc) is 3.36. The number of ether oxygens (including phenoxy) is 4. The van der Waals surface area contributed by atoms with Crippen LogP contribution < -0.4 is 19.5 Å². The van der Waals surface area contributed by atoms with Crippen molar-refractivity contribution in [3.05, 3.63) is 120 Å². The fourth-order valence-corrected chi connectivity index (χ4v) is 5.70. The summed E-state index contributed by atoms with van der Waals surface area (Å²) in [4.78, 5) is 38.5. The molecule has 2 amide bonds. The van der Waals surface area contributed by atoms with Crippen molar-refractivity contribution in [3.63, 3.8) is 0 Å². The van der Waals surface area contributed by atoms with Crippen molar-refractivity contribution >= 4 is 28.9 Å². The molecule has 0 aliphatic carbocycles. The van der Waals surface area contributed by atoms with Gasteiger partial charge in [0.1, 0.15) is 29.6 Å². The molecule has 1 aliphatic heterocycles. The van der Waals surface area contributed by atoms with E-state index in [9.17, 15) is 14.4 Å². The first-order valence-corrected chi connectivity index (χ1v) is 15.3. The fourth-order valence-electron chi connectivity index (χ4n) is 4.74. The molecule has 8 nitrogen and oxygen atoms in total. The van der Waals surface area contributed by atoms with Crippen LogP contribution in [0, 0.1) is 0 Å². The molecular formula is C35H33NO7S. The summed E-state index contributed by atoms with van der Waals surface area (Å²) >= 11 is 0.604. The van der Waals surface area contributed by atoms with E-state index in [0.717, 1.165) is 41.2 Å². The third-order valence-corrected chi connectivity index (χ3v) is 8.05. The zero-order valence-corrected chi connectivity index (χ0v) is 25.1. The molecule has 0 aromatic heterocycles. The zero-order valence-electron chi connectivity index (χ0n) is 24.3. The Kier molecular flexibility index (Phi) is 10.2. The van der Waals surface area contributed by atoms with E-state index in [1.165, 1.54) is 0 Å². The lowest BCUT2D eigenvalue weighted by Crippen LogP contribution is -2.42. The Morgan fingerprint density at radius 3 is 2.25 bits per heavy atom. The van der Waals surface area contributed by atoms with E-state index in [-0.39, 0.29) is 6.61 Å². The molecule has 1 heterocycles. The highest BCUT2D eigenvalue weighted by atomic mass is 32.2. The number of esters is 1. The van der Waals surface area contributed by atoms with Gasteiger partial charge in [-0.1, -0.05) is 74.0 Å². The van der Waals surface area contributed by atoms with E-state index in [1.807, 2.05) is 78.9 Å². The van der Waals surface area contributed by atoms with Gasteiger partial charge in [0.05, 0.1) is 13.2 Å². The number of imide groups is 1. The van der Waals surface area contributed by atoms with Gasteiger partial charge in [0.25, 0.3) is 11.1 Å². The lowest BCUT2D eigenvalue weighted by molar-refractivity contribution is -0.151. The number of nitrogens with one attached hydrogen (secondary N) is 1. The molecule has 1 saturated heterocycles. The number of hydrogen-bond acceptors (Lipinski definition) is 8. The summed E-state index contributed by atoms with van der Waals surface area (Å²) in [5, 5.41) is 1.61. The summed E-state index contributed by atoms with van der Waals surface area (Å²) < 4.78 is 21.7. The van der Waals surface area contributed by atoms with Crippen LogP contribution in [0.5, 0.6) is 23.0 Å². The maximum absolute atomic E-state index is 13.3. The van der Waals surface area contributed by atoms with E-state index < -0.39 is 21.9 Å². The molecule has 0 spiro atoms. The molecule has 4 aromatic rings. The van der Waals surface area contributed by atoms with Gasteiger partial charge in [-0.15, -0.1) is 0 Å². The first-order chi connectivity index (χ1) is 21.5. The molecule has 0 bridgehead atoms. The van der Waals surface area contributed by atoms with Gasteiger partial charge in [-0.3, -0.25) is 14.9 Å². The van der Waals surface area contributed by atoms with Crippen molar-refractivity contribution in [1.82, 2.24) is 5.32 Å². The predicted molar refractivity (Wildman–Crippen MR) is 168 cm³/mol. The number of carbonyl (C=O) groups is 3. The predicted octanol–water partition coefficient (Wildman–Crippen LogP) is 7.20. The number of aryl methyl sites for hydroxylation is 1. The second kappa shape index (κ2) is 14.6. The van der Waals surface area contributed by atoms with Crippen LogP contribution in [0.1, 0.15) is 36.5 Å². The van der Waals surface area contributed by atoms with Crippen molar-refractivity contribution in [1.29, 1.82) is 0 Å². The zero-order chi connectivity index (χ0) is 30.8. The van der Waals surface area contributed by atoms with Crippen LogP contribution in [0.15, 0.2) is 103 Å². The summed E-state index contributed by atoms with van der Waals surface area (Å²) in [5.41, 5.74) is 2.14. The Hall–Kier alpha value is -4.76. The van der Waals surface area contributed by atoms with Gasteiger partial charge >= 0.3 is 5.97 Å². The second-order valence-electron chi connectivity index (χ2n) is 10.1. The molecule has 5 rings (SSSR count). The molecule has 1 unspecified atom stereocenters. The van der Waals surface area contributed by atoms with Gasteiger partial charge in [0.15, 0.2) is 0 Å². The quantitative estimate of drug-likeness (QED) is 0.0908. The summed E-state index contributed by atoms with van der Waals surface area (Å²) in [7, 11) is 0. The van der Waals surface area contributed by atoms with Gasteiger partial charge < -0.3 is 18.9 Å². The topological polar surface area (TPSA) is 100 Å². The highest BCUT2D eigenvalue weighted by molar-refractivity contribution is 8.16.